The molecule has 2 aliphatic heterocycles. The van der Waals surface area contributed by atoms with Crippen molar-refractivity contribution in [1.29, 1.82) is 0 Å². The summed E-state index contributed by atoms with van der Waals surface area (Å²) in [6.45, 7) is 3.44. The number of nitrogens with zero attached hydrogens (tertiary/aromatic N) is 2. The van der Waals surface area contributed by atoms with E-state index >= 15 is 0 Å². The number of amides is 1. The molecule has 2 aliphatic rings. The Kier molecular flexibility index (Phi) is 5.54. The van der Waals surface area contributed by atoms with Gasteiger partial charge in [-0.1, -0.05) is 30.8 Å². The topological polar surface area (TPSA) is 93.6 Å². The maximum atomic E-state index is 12.3. The van der Waals surface area contributed by atoms with Gasteiger partial charge in [0.05, 0.1) is 39.9 Å². The molecule has 0 bridgehead atoms. The van der Waals surface area contributed by atoms with E-state index in [-0.39, 0.29) is 53.1 Å². The van der Waals surface area contributed by atoms with Crippen molar-refractivity contribution in [3.63, 3.8) is 0 Å². The first-order valence-corrected chi connectivity index (χ1v) is 9.53. The first kappa shape index (κ1) is 19.9. The van der Waals surface area contributed by atoms with E-state index in [2.05, 4.69) is 4.98 Å². The zero-order valence-electron chi connectivity index (χ0n) is 14.5. The summed E-state index contributed by atoms with van der Waals surface area (Å²) < 4.78 is 1.75. The van der Waals surface area contributed by atoms with Crippen molar-refractivity contribution in [3.8, 4) is 0 Å². The Morgan fingerprint density at radius 3 is 2.73 bits per heavy atom. The number of aliphatic hydroxyl groups is 1. The van der Waals surface area contributed by atoms with Gasteiger partial charge in [-0.3, -0.25) is 4.79 Å². The Bertz CT molecular complexity index is 893. The standard InChI is InChI=1S/C17H16N2O4S2.Na/c1-7-12-11(8(2)20)15(21)19(12)13(16(22)23)14(7)25-17-18-9-5-3-4-6-10(9)24-17;/h3-8,11-12,20H,1-2H3,(H,22,23);/q;+1/p-1/t7-,8-,11-,12-;/m1./s1. The van der Waals surface area contributed by atoms with Gasteiger partial charge in [-0.15, -0.1) is 11.3 Å². The quantitative estimate of drug-likeness (QED) is 0.483. The van der Waals surface area contributed by atoms with Crippen LogP contribution in [-0.2, 0) is 9.59 Å². The summed E-state index contributed by atoms with van der Waals surface area (Å²) in [5, 5.41) is 21.5. The number of carboxylic acids is 1. The summed E-state index contributed by atoms with van der Waals surface area (Å²) in [6, 6.07) is 7.36. The number of benzene rings is 1. The molecule has 0 aliphatic carbocycles. The number of aromatic nitrogens is 1. The fourth-order valence-corrected chi connectivity index (χ4v) is 5.97. The molecule has 6 nitrogen and oxygen atoms in total. The number of thiazole rings is 1. The molecule has 1 aromatic carbocycles. The summed E-state index contributed by atoms with van der Waals surface area (Å²) in [5.41, 5.74) is 0.779. The summed E-state index contributed by atoms with van der Waals surface area (Å²) >= 11 is 2.76. The zero-order valence-corrected chi connectivity index (χ0v) is 18.1. The van der Waals surface area contributed by atoms with Gasteiger partial charge in [-0.2, -0.15) is 0 Å². The molecule has 1 aromatic heterocycles. The number of fused-ring (bicyclic) bond motifs is 2. The Labute approximate surface area is 180 Å². The van der Waals surface area contributed by atoms with Gasteiger partial charge in [0, 0.05) is 10.8 Å². The van der Waals surface area contributed by atoms with Crippen LogP contribution in [-0.4, -0.2) is 39.0 Å². The Balaban J connectivity index is 0.00000196. The van der Waals surface area contributed by atoms with Gasteiger partial charge in [0.1, 0.15) is 0 Å². The Hall–Kier alpha value is -0.900. The first-order chi connectivity index (χ1) is 11.9. The molecule has 0 spiro atoms. The van der Waals surface area contributed by atoms with Crippen LogP contribution in [0.2, 0.25) is 0 Å². The van der Waals surface area contributed by atoms with E-state index in [1.165, 1.54) is 28.0 Å². The van der Waals surface area contributed by atoms with Gasteiger partial charge < -0.3 is 19.9 Å². The van der Waals surface area contributed by atoms with E-state index in [4.69, 9.17) is 0 Å². The van der Waals surface area contributed by atoms with Crippen molar-refractivity contribution in [2.75, 3.05) is 0 Å². The summed E-state index contributed by atoms with van der Waals surface area (Å²) in [4.78, 5) is 30.3. The average Bonchev–Trinajstić information content (AvgIpc) is 3.05. The van der Waals surface area contributed by atoms with Gasteiger partial charge in [-0.25, -0.2) is 4.98 Å². The number of β-lactam (4-membered cyclic amide) rings is 1. The van der Waals surface area contributed by atoms with Crippen molar-refractivity contribution in [2.24, 2.45) is 11.8 Å². The van der Waals surface area contributed by atoms with E-state index in [1.807, 2.05) is 31.2 Å². The predicted octanol–water partition coefficient (Wildman–Crippen LogP) is -1.79. The molecule has 0 radical (unpaired) electrons. The fourth-order valence-electron chi connectivity index (χ4n) is 3.64. The van der Waals surface area contributed by atoms with Crippen LogP contribution in [0.1, 0.15) is 13.8 Å². The predicted molar refractivity (Wildman–Crippen MR) is 92.5 cm³/mol. The second-order valence-electron chi connectivity index (χ2n) is 6.30. The molecule has 26 heavy (non-hydrogen) atoms. The van der Waals surface area contributed by atoms with Gasteiger partial charge in [0.15, 0.2) is 4.34 Å². The van der Waals surface area contributed by atoms with Crippen LogP contribution < -0.4 is 34.7 Å². The Morgan fingerprint density at radius 1 is 1.42 bits per heavy atom. The summed E-state index contributed by atoms with van der Waals surface area (Å²) in [5.74, 6) is -2.48. The summed E-state index contributed by atoms with van der Waals surface area (Å²) in [6.07, 6.45) is -0.814. The molecule has 130 valence electrons. The van der Waals surface area contributed by atoms with Gasteiger partial charge in [0.25, 0.3) is 0 Å². The number of aliphatic carboxylic acids is 1. The second-order valence-corrected chi connectivity index (χ2v) is 8.62. The van der Waals surface area contributed by atoms with Crippen LogP contribution in [0.15, 0.2) is 39.2 Å². The van der Waals surface area contributed by atoms with Gasteiger partial charge in [-0.05, 0) is 19.1 Å². The zero-order chi connectivity index (χ0) is 17.9. The molecule has 2 aromatic rings. The molecular weight excluding hydrogens is 383 g/mol. The smallest absolute Gasteiger partial charge is 0.543 e. The van der Waals surface area contributed by atoms with Crippen LogP contribution in [0.25, 0.3) is 10.2 Å². The third-order valence-corrected chi connectivity index (χ3v) is 7.16. The maximum absolute atomic E-state index is 12.3. The van der Waals surface area contributed by atoms with Gasteiger partial charge >= 0.3 is 29.6 Å². The molecule has 1 amide bonds. The number of carboxylic acid groups (broad SMARTS) is 1. The first-order valence-electron chi connectivity index (χ1n) is 7.90. The van der Waals surface area contributed by atoms with Crippen LogP contribution >= 0.6 is 23.1 Å². The molecule has 1 saturated heterocycles. The number of aliphatic hydroxyl groups excluding tert-OH is 1. The van der Waals surface area contributed by atoms with Gasteiger partial charge in [0.2, 0.25) is 5.91 Å². The number of carbonyl (C=O) groups is 2. The second kappa shape index (κ2) is 7.26. The number of para-hydroxylation sites is 1. The molecule has 9 heteroatoms. The molecule has 1 N–H and O–H groups in total. The minimum absolute atomic E-state index is 0. The number of hydrogen-bond acceptors (Lipinski definition) is 7. The van der Waals surface area contributed by atoms with Crippen LogP contribution in [0, 0.1) is 11.8 Å². The average molecular weight is 398 g/mol. The van der Waals surface area contributed by atoms with E-state index in [9.17, 15) is 19.8 Å². The van der Waals surface area contributed by atoms with E-state index in [0.29, 0.717) is 4.91 Å². The van der Waals surface area contributed by atoms with Crippen molar-refractivity contribution < 1.29 is 49.4 Å². The minimum Gasteiger partial charge on any atom is -0.543 e. The SMILES string of the molecule is C[C@@H](O)[C@H]1C(=O)N2C(C(=O)[O-])=C(Sc3nc4ccccc4s3)[C@H](C)[C@H]12.[Na+]. The number of thioether (sulfide) groups is 1. The van der Waals surface area contributed by atoms with Crippen LogP contribution in [0.5, 0.6) is 0 Å². The fraction of sp³-hybridized carbons (Fsp3) is 0.353. The van der Waals surface area contributed by atoms with Crippen molar-refractivity contribution in [2.45, 2.75) is 30.3 Å². The van der Waals surface area contributed by atoms with Crippen LogP contribution in [0.3, 0.4) is 0 Å². The molecular formula is C17H15N2NaO4S2. The number of rotatable bonds is 4. The van der Waals surface area contributed by atoms with Crippen LogP contribution in [0.4, 0.5) is 0 Å². The van der Waals surface area contributed by atoms with E-state index in [0.717, 1.165) is 14.6 Å². The largest absolute Gasteiger partial charge is 1.00 e. The number of carbonyl (C=O) groups excluding carboxylic acids is 2. The molecule has 4 rings (SSSR count). The van der Waals surface area contributed by atoms with Crippen molar-refractivity contribution in [3.05, 3.63) is 34.9 Å². The monoisotopic (exact) mass is 398 g/mol. The molecule has 4 atom stereocenters. The molecule has 3 heterocycles. The molecule has 0 unspecified atom stereocenters. The minimum atomic E-state index is -1.37. The third kappa shape index (κ3) is 2.93. The van der Waals surface area contributed by atoms with E-state index in [1.54, 1.807) is 6.92 Å². The Morgan fingerprint density at radius 2 is 2.12 bits per heavy atom. The van der Waals surface area contributed by atoms with Crippen molar-refractivity contribution in [1.82, 2.24) is 9.88 Å². The third-order valence-electron chi connectivity index (χ3n) is 4.77. The maximum Gasteiger partial charge on any atom is 1.00 e. The van der Waals surface area contributed by atoms with E-state index < -0.39 is 18.0 Å². The summed E-state index contributed by atoms with van der Waals surface area (Å²) in [7, 11) is 0. The normalized spacial score (nSPS) is 25.7. The molecule has 1 fully saturated rings. The van der Waals surface area contributed by atoms with Crippen molar-refractivity contribution >= 4 is 45.2 Å². The number of hydrogen-bond donors (Lipinski definition) is 1. The molecule has 0 saturated carbocycles.